The zero-order valence-electron chi connectivity index (χ0n) is 11.4. The number of hydrogen-bond donors (Lipinski definition) is 0. The lowest BCUT2D eigenvalue weighted by atomic mass is 9.80. The maximum Gasteiger partial charge on any atom is 0.119 e. The molecule has 0 saturated heterocycles. The highest BCUT2D eigenvalue weighted by molar-refractivity contribution is 5.48. The van der Waals surface area contributed by atoms with Crippen LogP contribution in [0.25, 0.3) is 6.08 Å². The second-order valence-electron chi connectivity index (χ2n) is 6.58. The molecule has 0 radical (unpaired) electrons. The molecule has 19 heavy (non-hydrogen) atoms. The van der Waals surface area contributed by atoms with Gasteiger partial charge in [-0.05, 0) is 67.1 Å². The summed E-state index contributed by atoms with van der Waals surface area (Å²) < 4.78 is 6.28. The van der Waals surface area contributed by atoms with Gasteiger partial charge in [0, 0.05) is 0 Å². The lowest BCUT2D eigenvalue weighted by Gasteiger charge is -2.31. The Morgan fingerprint density at radius 3 is 2.58 bits per heavy atom. The number of ether oxygens (including phenoxy) is 1. The molecule has 0 aromatic heterocycles. The summed E-state index contributed by atoms with van der Waals surface area (Å²) in [5, 5.41) is 0. The van der Waals surface area contributed by atoms with Crippen molar-refractivity contribution in [3.05, 3.63) is 36.4 Å². The van der Waals surface area contributed by atoms with Crippen LogP contribution in [0.1, 0.15) is 37.7 Å². The quantitative estimate of drug-likeness (QED) is 0.770. The molecule has 1 aromatic rings. The minimum absolute atomic E-state index is 0.485. The van der Waals surface area contributed by atoms with Crippen LogP contribution in [0.2, 0.25) is 0 Å². The lowest BCUT2D eigenvalue weighted by Crippen LogP contribution is -2.32. The lowest BCUT2D eigenvalue weighted by molar-refractivity contribution is 0.0842. The average molecular weight is 254 g/mol. The largest absolute Gasteiger partial charge is 0.490 e. The van der Waals surface area contributed by atoms with Gasteiger partial charge in [0.2, 0.25) is 0 Å². The molecule has 1 heteroatoms. The van der Waals surface area contributed by atoms with Crippen LogP contribution in [-0.2, 0) is 0 Å². The molecular weight excluding hydrogens is 232 g/mol. The zero-order valence-corrected chi connectivity index (χ0v) is 11.4. The Morgan fingerprint density at radius 2 is 1.79 bits per heavy atom. The molecule has 0 aliphatic heterocycles. The Morgan fingerprint density at radius 1 is 1.00 bits per heavy atom. The van der Waals surface area contributed by atoms with Crippen molar-refractivity contribution in [1.82, 2.24) is 0 Å². The Balaban J connectivity index is 1.47. The van der Waals surface area contributed by atoms with Gasteiger partial charge >= 0.3 is 0 Å². The third-order valence-corrected chi connectivity index (χ3v) is 5.77. The first kappa shape index (κ1) is 11.6. The summed E-state index contributed by atoms with van der Waals surface area (Å²) in [4.78, 5) is 0. The molecule has 2 bridgehead atoms. The fraction of sp³-hybridized carbons (Fsp3) is 0.556. The maximum atomic E-state index is 6.28. The molecule has 5 unspecified atom stereocenters. The molecular formula is C18H22O. The Labute approximate surface area is 115 Å². The molecule has 1 aromatic carbocycles. The van der Waals surface area contributed by atoms with Gasteiger partial charge in [-0.1, -0.05) is 31.2 Å². The Hall–Kier alpha value is -1.24. The summed E-state index contributed by atoms with van der Waals surface area (Å²) in [6.45, 7) is 3.79. The van der Waals surface area contributed by atoms with Crippen LogP contribution in [0, 0.1) is 23.7 Å². The Bertz CT molecular complexity index is 475. The minimum Gasteiger partial charge on any atom is -0.490 e. The van der Waals surface area contributed by atoms with Crippen molar-refractivity contribution in [3.8, 4) is 5.75 Å². The van der Waals surface area contributed by atoms with E-state index < -0.39 is 0 Å². The van der Waals surface area contributed by atoms with E-state index in [4.69, 9.17) is 4.74 Å². The second-order valence-corrected chi connectivity index (χ2v) is 6.58. The summed E-state index contributed by atoms with van der Waals surface area (Å²) in [6.07, 6.45) is 9.51. The highest BCUT2D eigenvalue weighted by Crippen LogP contribution is 2.59. The zero-order chi connectivity index (χ0) is 12.8. The van der Waals surface area contributed by atoms with Crippen LogP contribution in [0.15, 0.2) is 30.8 Å². The van der Waals surface area contributed by atoms with Crippen LogP contribution in [-0.4, -0.2) is 6.10 Å². The fourth-order valence-corrected chi connectivity index (χ4v) is 5.00. The smallest absolute Gasteiger partial charge is 0.119 e. The third kappa shape index (κ3) is 1.82. The number of benzene rings is 1. The van der Waals surface area contributed by atoms with Crippen LogP contribution >= 0.6 is 0 Å². The van der Waals surface area contributed by atoms with Gasteiger partial charge in [-0.15, -0.1) is 0 Å². The van der Waals surface area contributed by atoms with E-state index in [1.54, 1.807) is 0 Å². The van der Waals surface area contributed by atoms with Crippen LogP contribution in [0.3, 0.4) is 0 Å². The van der Waals surface area contributed by atoms with Crippen molar-refractivity contribution >= 4 is 6.08 Å². The van der Waals surface area contributed by atoms with E-state index in [1.807, 2.05) is 6.08 Å². The molecule has 4 rings (SSSR count). The van der Waals surface area contributed by atoms with Crippen molar-refractivity contribution in [2.75, 3.05) is 0 Å². The van der Waals surface area contributed by atoms with Crippen LogP contribution in [0.4, 0.5) is 0 Å². The number of hydrogen-bond acceptors (Lipinski definition) is 1. The van der Waals surface area contributed by atoms with Crippen molar-refractivity contribution in [3.63, 3.8) is 0 Å². The normalized spacial score (nSPS) is 39.3. The molecule has 1 nitrogen and oxygen atoms in total. The van der Waals surface area contributed by atoms with Crippen molar-refractivity contribution in [2.24, 2.45) is 23.7 Å². The van der Waals surface area contributed by atoms with E-state index in [9.17, 15) is 0 Å². The number of rotatable bonds is 3. The molecule has 5 atom stereocenters. The topological polar surface area (TPSA) is 9.23 Å². The fourth-order valence-electron chi connectivity index (χ4n) is 5.00. The summed E-state index contributed by atoms with van der Waals surface area (Å²) >= 11 is 0. The van der Waals surface area contributed by atoms with Gasteiger partial charge in [0.25, 0.3) is 0 Å². The molecule has 0 heterocycles. The van der Waals surface area contributed by atoms with Gasteiger partial charge in [-0.25, -0.2) is 0 Å². The first-order valence-electron chi connectivity index (χ1n) is 7.74. The molecule has 3 saturated carbocycles. The molecule has 0 amide bonds. The van der Waals surface area contributed by atoms with E-state index >= 15 is 0 Å². The highest BCUT2D eigenvalue weighted by atomic mass is 16.5. The summed E-state index contributed by atoms with van der Waals surface area (Å²) in [5.74, 6) is 4.88. The van der Waals surface area contributed by atoms with E-state index in [-0.39, 0.29) is 0 Å². The molecule has 3 aliphatic carbocycles. The maximum absolute atomic E-state index is 6.28. The van der Waals surface area contributed by atoms with Gasteiger partial charge in [0.05, 0.1) is 0 Å². The van der Waals surface area contributed by atoms with Crippen molar-refractivity contribution in [1.29, 1.82) is 0 Å². The van der Waals surface area contributed by atoms with E-state index in [0.717, 1.165) is 35.0 Å². The predicted molar refractivity (Wildman–Crippen MR) is 78.0 cm³/mol. The van der Waals surface area contributed by atoms with Gasteiger partial charge in [-0.3, -0.25) is 0 Å². The van der Waals surface area contributed by atoms with Gasteiger partial charge < -0.3 is 4.74 Å². The monoisotopic (exact) mass is 254 g/mol. The van der Waals surface area contributed by atoms with E-state index in [1.165, 1.54) is 32.1 Å². The molecule has 0 N–H and O–H groups in total. The summed E-state index contributed by atoms with van der Waals surface area (Å²) in [5.41, 5.74) is 1.16. The van der Waals surface area contributed by atoms with Gasteiger partial charge in [0.1, 0.15) is 11.9 Å². The third-order valence-electron chi connectivity index (χ3n) is 5.77. The first-order valence-corrected chi connectivity index (χ1v) is 7.74. The summed E-state index contributed by atoms with van der Waals surface area (Å²) in [7, 11) is 0. The predicted octanol–water partition coefficient (Wildman–Crippen LogP) is 4.53. The van der Waals surface area contributed by atoms with Crippen molar-refractivity contribution < 1.29 is 4.74 Å². The molecule has 3 fully saturated rings. The summed E-state index contributed by atoms with van der Waals surface area (Å²) in [6, 6.07) is 8.37. The average Bonchev–Trinajstić information content (AvgIpc) is 3.11. The SMILES string of the molecule is C=Cc1ccc(OC2CC3CC2C2CCCC32)cc1. The van der Waals surface area contributed by atoms with E-state index in [2.05, 4.69) is 30.8 Å². The molecule has 3 aliphatic rings. The minimum atomic E-state index is 0.485. The van der Waals surface area contributed by atoms with Crippen LogP contribution < -0.4 is 4.74 Å². The highest BCUT2D eigenvalue weighted by Gasteiger charge is 2.54. The van der Waals surface area contributed by atoms with E-state index in [0.29, 0.717) is 6.10 Å². The first-order chi connectivity index (χ1) is 9.35. The number of fused-ring (bicyclic) bond motifs is 5. The van der Waals surface area contributed by atoms with Gasteiger partial charge in [-0.2, -0.15) is 0 Å². The van der Waals surface area contributed by atoms with Crippen LogP contribution in [0.5, 0.6) is 5.75 Å². The molecule has 100 valence electrons. The van der Waals surface area contributed by atoms with Gasteiger partial charge in [0.15, 0.2) is 0 Å². The molecule has 0 spiro atoms. The second kappa shape index (κ2) is 4.40. The standard InChI is InChI=1S/C18H22O/c1-2-12-6-8-14(9-7-12)19-18-11-13-10-17(18)16-5-3-4-15(13)16/h2,6-9,13,15-18H,1,3-5,10-11H2. The van der Waals surface area contributed by atoms with Crippen molar-refractivity contribution in [2.45, 2.75) is 38.2 Å². The Kier molecular flexibility index (Phi) is 2.68.